The molecule has 7 nitrogen and oxygen atoms in total. The number of aliphatic imine (C=N–C) groups is 1. The van der Waals surface area contributed by atoms with E-state index in [1.807, 2.05) is 24.1 Å². The maximum Gasteiger partial charge on any atom is 0.194 e. The highest BCUT2D eigenvalue weighted by Gasteiger charge is 2.25. The fourth-order valence-electron chi connectivity index (χ4n) is 3.25. The fraction of sp³-hybridized carbons (Fsp3) is 0.789. The Bertz CT molecular complexity index is 540. The minimum absolute atomic E-state index is 0.0592. The van der Waals surface area contributed by atoms with Crippen LogP contribution in [0.4, 0.5) is 0 Å². The Balaban J connectivity index is 1.86. The van der Waals surface area contributed by atoms with Gasteiger partial charge in [0, 0.05) is 38.4 Å². The maximum absolute atomic E-state index is 5.95. The number of morpholine rings is 1. The van der Waals surface area contributed by atoms with Crippen LogP contribution in [0.1, 0.15) is 45.3 Å². The highest BCUT2D eigenvalue weighted by molar-refractivity contribution is 5.80. The molecule has 2 rings (SSSR count). The van der Waals surface area contributed by atoms with Gasteiger partial charge in [0.25, 0.3) is 0 Å². The average Bonchev–Trinajstić information content (AvgIpc) is 3.10. The van der Waals surface area contributed by atoms with Crippen molar-refractivity contribution in [3.63, 3.8) is 0 Å². The Hall–Kier alpha value is -1.60. The van der Waals surface area contributed by atoms with Gasteiger partial charge in [-0.05, 0) is 39.4 Å². The predicted molar refractivity (Wildman–Crippen MR) is 106 cm³/mol. The maximum atomic E-state index is 5.95. The SMILES string of the molecule is CCNC(=NCCCCN(CC)CC)N1CCOC(c2cnn(C)c2)C1. The highest BCUT2D eigenvalue weighted by Crippen LogP contribution is 2.21. The number of nitrogens with one attached hydrogen (secondary N) is 1. The summed E-state index contributed by atoms with van der Waals surface area (Å²) in [4.78, 5) is 9.64. The van der Waals surface area contributed by atoms with E-state index in [4.69, 9.17) is 9.73 Å². The molecule has 0 radical (unpaired) electrons. The molecule has 1 aliphatic heterocycles. The number of unbranched alkanes of at least 4 members (excludes halogenated alkanes) is 1. The Morgan fingerprint density at radius 3 is 2.81 bits per heavy atom. The topological polar surface area (TPSA) is 57.9 Å². The predicted octanol–water partition coefficient (Wildman–Crippen LogP) is 1.88. The summed E-state index contributed by atoms with van der Waals surface area (Å²) in [6, 6.07) is 0. The lowest BCUT2D eigenvalue weighted by atomic mass is 10.1. The van der Waals surface area contributed by atoms with E-state index < -0.39 is 0 Å². The normalized spacial score (nSPS) is 18.6. The Morgan fingerprint density at radius 2 is 2.15 bits per heavy atom. The standard InChI is InChI=1S/C19H36N6O/c1-5-20-19(21-10-8-9-11-24(6-2)7-3)25-12-13-26-18(16-25)17-14-22-23(4)15-17/h14-15,18H,5-13,16H2,1-4H3,(H,20,21). The van der Waals surface area contributed by atoms with Crippen LogP contribution in [0.2, 0.25) is 0 Å². The van der Waals surface area contributed by atoms with Crippen molar-refractivity contribution in [3.05, 3.63) is 18.0 Å². The van der Waals surface area contributed by atoms with Gasteiger partial charge in [-0.15, -0.1) is 0 Å². The third-order valence-electron chi connectivity index (χ3n) is 4.84. The monoisotopic (exact) mass is 364 g/mol. The first kappa shape index (κ1) is 20.7. The molecule has 1 unspecified atom stereocenters. The molecule has 1 aliphatic rings. The largest absolute Gasteiger partial charge is 0.370 e. The molecule has 0 spiro atoms. The van der Waals surface area contributed by atoms with Crippen LogP contribution in [0.25, 0.3) is 0 Å². The smallest absolute Gasteiger partial charge is 0.194 e. The van der Waals surface area contributed by atoms with E-state index in [1.54, 1.807) is 0 Å². The van der Waals surface area contributed by atoms with Gasteiger partial charge in [-0.3, -0.25) is 9.67 Å². The summed E-state index contributed by atoms with van der Waals surface area (Å²) in [7, 11) is 1.94. The fourth-order valence-corrected chi connectivity index (χ4v) is 3.25. The second-order valence-corrected chi connectivity index (χ2v) is 6.72. The zero-order valence-electron chi connectivity index (χ0n) is 16.9. The zero-order valence-corrected chi connectivity index (χ0v) is 16.9. The van der Waals surface area contributed by atoms with Gasteiger partial charge in [0.1, 0.15) is 6.10 Å². The highest BCUT2D eigenvalue weighted by atomic mass is 16.5. The third kappa shape index (κ3) is 6.29. The van der Waals surface area contributed by atoms with Crippen LogP contribution in [0.5, 0.6) is 0 Å². The second kappa shape index (κ2) is 11.2. The van der Waals surface area contributed by atoms with Crippen LogP contribution in [-0.4, -0.2) is 78.0 Å². The van der Waals surface area contributed by atoms with Crippen molar-refractivity contribution in [1.29, 1.82) is 0 Å². The summed E-state index contributed by atoms with van der Waals surface area (Å²) in [5.41, 5.74) is 1.13. The van der Waals surface area contributed by atoms with E-state index in [9.17, 15) is 0 Å². The molecule has 0 aromatic carbocycles. The molecule has 0 aliphatic carbocycles. The second-order valence-electron chi connectivity index (χ2n) is 6.72. The number of hydrogen-bond acceptors (Lipinski definition) is 4. The molecule has 1 saturated heterocycles. The van der Waals surface area contributed by atoms with Gasteiger partial charge in [0.15, 0.2) is 5.96 Å². The van der Waals surface area contributed by atoms with Gasteiger partial charge < -0.3 is 19.9 Å². The third-order valence-corrected chi connectivity index (χ3v) is 4.84. The van der Waals surface area contributed by atoms with Crippen molar-refractivity contribution < 1.29 is 4.74 Å². The minimum Gasteiger partial charge on any atom is -0.370 e. The first-order chi connectivity index (χ1) is 12.7. The van der Waals surface area contributed by atoms with Gasteiger partial charge in [-0.25, -0.2) is 0 Å². The number of hydrogen-bond donors (Lipinski definition) is 1. The molecule has 1 N–H and O–H groups in total. The number of guanidine groups is 1. The van der Waals surface area contributed by atoms with Crippen LogP contribution in [0.3, 0.4) is 0 Å². The van der Waals surface area contributed by atoms with Crippen LogP contribution in [-0.2, 0) is 11.8 Å². The summed E-state index contributed by atoms with van der Waals surface area (Å²) >= 11 is 0. The van der Waals surface area contributed by atoms with E-state index in [1.165, 1.54) is 13.0 Å². The quantitative estimate of drug-likeness (QED) is 0.412. The lowest BCUT2D eigenvalue weighted by Crippen LogP contribution is -2.48. The summed E-state index contributed by atoms with van der Waals surface area (Å²) in [5, 5.41) is 7.71. The van der Waals surface area contributed by atoms with E-state index in [2.05, 4.69) is 41.0 Å². The minimum atomic E-state index is 0.0592. The van der Waals surface area contributed by atoms with Crippen LogP contribution < -0.4 is 5.32 Å². The molecule has 1 fully saturated rings. The van der Waals surface area contributed by atoms with Gasteiger partial charge in [-0.1, -0.05) is 13.8 Å². The van der Waals surface area contributed by atoms with E-state index >= 15 is 0 Å². The van der Waals surface area contributed by atoms with Crippen molar-refractivity contribution in [2.75, 3.05) is 52.4 Å². The van der Waals surface area contributed by atoms with Crippen LogP contribution in [0, 0.1) is 0 Å². The molecule has 0 bridgehead atoms. The Kier molecular flexibility index (Phi) is 8.91. The van der Waals surface area contributed by atoms with E-state index in [-0.39, 0.29) is 6.10 Å². The number of aromatic nitrogens is 2. The number of rotatable bonds is 9. The van der Waals surface area contributed by atoms with Crippen molar-refractivity contribution in [3.8, 4) is 0 Å². The summed E-state index contributed by atoms with van der Waals surface area (Å²) < 4.78 is 7.77. The molecular formula is C19H36N6O. The molecule has 1 aromatic heterocycles. The Morgan fingerprint density at radius 1 is 1.35 bits per heavy atom. The lowest BCUT2D eigenvalue weighted by Gasteiger charge is -2.34. The van der Waals surface area contributed by atoms with Crippen molar-refractivity contribution in [2.45, 2.75) is 39.7 Å². The molecule has 148 valence electrons. The summed E-state index contributed by atoms with van der Waals surface area (Å²) in [5.74, 6) is 1.01. The summed E-state index contributed by atoms with van der Waals surface area (Å²) in [6.45, 7) is 14.2. The lowest BCUT2D eigenvalue weighted by molar-refractivity contribution is -0.00804. The zero-order chi connectivity index (χ0) is 18.8. The Labute approximate surface area is 158 Å². The van der Waals surface area contributed by atoms with Crippen molar-refractivity contribution >= 4 is 5.96 Å². The molecule has 26 heavy (non-hydrogen) atoms. The average molecular weight is 365 g/mol. The van der Waals surface area contributed by atoms with Gasteiger partial charge >= 0.3 is 0 Å². The van der Waals surface area contributed by atoms with E-state index in [0.717, 1.165) is 57.2 Å². The van der Waals surface area contributed by atoms with Crippen LogP contribution in [0.15, 0.2) is 17.4 Å². The van der Waals surface area contributed by atoms with Gasteiger partial charge in [-0.2, -0.15) is 5.10 Å². The molecule has 0 saturated carbocycles. The molecule has 1 atom stereocenters. The number of aryl methyl sites for hydroxylation is 1. The van der Waals surface area contributed by atoms with Crippen LogP contribution >= 0.6 is 0 Å². The van der Waals surface area contributed by atoms with Crippen molar-refractivity contribution in [1.82, 2.24) is 24.9 Å². The van der Waals surface area contributed by atoms with Gasteiger partial charge in [0.05, 0.1) is 19.3 Å². The molecule has 2 heterocycles. The molecule has 1 aromatic rings. The molecule has 0 amide bonds. The van der Waals surface area contributed by atoms with Crippen molar-refractivity contribution in [2.24, 2.45) is 12.0 Å². The van der Waals surface area contributed by atoms with E-state index in [0.29, 0.717) is 6.61 Å². The molecular weight excluding hydrogens is 328 g/mol. The molecule has 7 heteroatoms. The van der Waals surface area contributed by atoms with Gasteiger partial charge in [0.2, 0.25) is 0 Å². The number of ether oxygens (including phenoxy) is 1. The first-order valence-corrected chi connectivity index (χ1v) is 10.0. The number of nitrogens with zero attached hydrogens (tertiary/aromatic N) is 5. The summed E-state index contributed by atoms with van der Waals surface area (Å²) in [6.07, 6.45) is 6.31. The first-order valence-electron chi connectivity index (χ1n) is 10.0.